The number of anilines is 1. The fraction of sp³-hybridized carbons (Fsp3) is 0.111. The first-order chi connectivity index (χ1) is 12.6. The fourth-order valence-electron chi connectivity index (χ4n) is 2.64. The summed E-state index contributed by atoms with van der Waals surface area (Å²) in [5.74, 6) is -1.28. The lowest BCUT2D eigenvalue weighted by molar-refractivity contribution is -0.138. The number of fused-ring (bicyclic) bond motifs is 1. The second kappa shape index (κ2) is 6.89. The van der Waals surface area contributed by atoms with Gasteiger partial charge in [-0.05, 0) is 24.3 Å². The fourth-order valence-corrected chi connectivity index (χ4v) is 4.66. The molecule has 130 valence electrons. The van der Waals surface area contributed by atoms with E-state index < -0.39 is 11.2 Å². The Bertz CT molecular complexity index is 984. The number of hydrogen-bond acceptors (Lipinski definition) is 6. The topological polar surface area (TPSA) is 82.9 Å². The normalized spacial score (nSPS) is 18.8. The lowest BCUT2D eigenvalue weighted by Crippen LogP contribution is -2.32. The molecule has 2 heterocycles. The zero-order valence-corrected chi connectivity index (χ0v) is 15.0. The Kier molecular flexibility index (Phi) is 4.44. The van der Waals surface area contributed by atoms with E-state index in [9.17, 15) is 9.59 Å². The summed E-state index contributed by atoms with van der Waals surface area (Å²) in [5, 5.41) is 9.38. The zero-order valence-electron chi connectivity index (χ0n) is 13.4. The maximum absolute atomic E-state index is 12.8. The van der Waals surface area contributed by atoms with Gasteiger partial charge in [-0.15, -0.1) is 0 Å². The molecule has 0 saturated carbocycles. The maximum atomic E-state index is 12.8. The van der Waals surface area contributed by atoms with E-state index in [2.05, 4.69) is 9.98 Å². The lowest BCUT2D eigenvalue weighted by atomic mass is 10.2. The van der Waals surface area contributed by atoms with E-state index in [1.165, 1.54) is 28.0 Å². The largest absolute Gasteiger partial charge is 0.481 e. The van der Waals surface area contributed by atoms with Gasteiger partial charge in [0.1, 0.15) is 5.25 Å². The van der Waals surface area contributed by atoms with Crippen LogP contribution in [-0.4, -0.2) is 32.4 Å². The minimum Gasteiger partial charge on any atom is -0.481 e. The number of para-hydroxylation sites is 2. The molecule has 0 bridgehead atoms. The molecule has 2 aromatic carbocycles. The van der Waals surface area contributed by atoms with Gasteiger partial charge in [-0.25, -0.2) is 4.98 Å². The minimum absolute atomic E-state index is 0.244. The number of carbonyl (C=O) groups is 2. The molecule has 1 unspecified atom stereocenters. The number of thioether (sulfide) groups is 1. The Hall–Kier alpha value is -2.71. The predicted molar refractivity (Wildman–Crippen MR) is 104 cm³/mol. The summed E-state index contributed by atoms with van der Waals surface area (Å²) in [6.45, 7) is 0. The van der Waals surface area contributed by atoms with Crippen molar-refractivity contribution in [3.8, 4) is 0 Å². The standard InChI is InChI=1S/C18H13N3O3S2/c22-15(23)10-14-16(24)21(11-6-2-1-3-7-11)18(26-14)20-17-19-12-8-4-5-9-13(12)25-17/h1-9,14H,10H2,(H,22,23). The molecule has 0 spiro atoms. The van der Waals surface area contributed by atoms with E-state index in [-0.39, 0.29) is 12.3 Å². The van der Waals surface area contributed by atoms with Crippen molar-refractivity contribution in [1.29, 1.82) is 0 Å². The summed E-state index contributed by atoms with van der Waals surface area (Å²) >= 11 is 2.60. The molecule has 4 rings (SSSR count). The quantitative estimate of drug-likeness (QED) is 0.739. The van der Waals surface area contributed by atoms with Gasteiger partial charge in [0.2, 0.25) is 11.0 Å². The second-order valence-corrected chi connectivity index (χ2v) is 7.75. The number of aliphatic imine (C=N–C) groups is 1. The number of hydrogen-bond donors (Lipinski definition) is 1. The summed E-state index contributed by atoms with van der Waals surface area (Å²) in [6.07, 6.45) is -0.244. The van der Waals surface area contributed by atoms with Gasteiger partial charge in [0.15, 0.2) is 5.17 Å². The average molecular weight is 383 g/mol. The third-order valence-corrected chi connectivity index (χ3v) is 5.85. The monoisotopic (exact) mass is 383 g/mol. The van der Waals surface area contributed by atoms with Crippen molar-refractivity contribution < 1.29 is 14.7 Å². The van der Waals surface area contributed by atoms with E-state index >= 15 is 0 Å². The Balaban J connectivity index is 1.75. The molecule has 1 N–H and O–H groups in total. The number of carboxylic acids is 1. The van der Waals surface area contributed by atoms with Crippen LogP contribution in [0.1, 0.15) is 6.42 Å². The van der Waals surface area contributed by atoms with Gasteiger partial charge < -0.3 is 5.11 Å². The number of aromatic nitrogens is 1. The highest BCUT2D eigenvalue weighted by atomic mass is 32.2. The van der Waals surface area contributed by atoms with Crippen LogP contribution in [0.15, 0.2) is 59.6 Å². The Labute approximate surface area is 157 Å². The minimum atomic E-state index is -1.01. The van der Waals surface area contributed by atoms with Crippen LogP contribution in [-0.2, 0) is 9.59 Å². The van der Waals surface area contributed by atoms with Crippen molar-refractivity contribution in [3.63, 3.8) is 0 Å². The number of benzene rings is 2. The maximum Gasteiger partial charge on any atom is 0.305 e. The van der Waals surface area contributed by atoms with Gasteiger partial charge in [-0.1, -0.05) is 53.4 Å². The Morgan fingerprint density at radius 3 is 2.62 bits per heavy atom. The van der Waals surface area contributed by atoms with E-state index in [0.29, 0.717) is 16.0 Å². The third kappa shape index (κ3) is 3.21. The highest BCUT2D eigenvalue weighted by Gasteiger charge is 2.40. The van der Waals surface area contributed by atoms with E-state index in [1.807, 2.05) is 42.5 Å². The summed E-state index contributed by atoms with van der Waals surface area (Å²) in [5.41, 5.74) is 1.51. The van der Waals surface area contributed by atoms with Gasteiger partial charge >= 0.3 is 5.97 Å². The zero-order chi connectivity index (χ0) is 18.1. The average Bonchev–Trinajstić information content (AvgIpc) is 3.16. The molecule has 26 heavy (non-hydrogen) atoms. The molecule has 1 aliphatic rings. The molecule has 1 saturated heterocycles. The molecule has 0 radical (unpaired) electrons. The molecule has 0 aliphatic carbocycles. The van der Waals surface area contributed by atoms with Crippen LogP contribution in [0.4, 0.5) is 10.8 Å². The summed E-state index contributed by atoms with van der Waals surface area (Å²) in [6, 6.07) is 16.8. The first-order valence-corrected chi connectivity index (χ1v) is 9.53. The molecule has 8 heteroatoms. The van der Waals surface area contributed by atoms with Crippen molar-refractivity contribution in [2.24, 2.45) is 4.99 Å². The lowest BCUT2D eigenvalue weighted by Gasteiger charge is -2.15. The van der Waals surface area contributed by atoms with Crippen molar-refractivity contribution in [2.75, 3.05) is 4.90 Å². The number of aliphatic carboxylic acids is 1. The molecular formula is C18H13N3O3S2. The van der Waals surface area contributed by atoms with Gasteiger partial charge in [0.25, 0.3) is 0 Å². The molecule has 3 aromatic rings. The highest BCUT2D eigenvalue weighted by molar-refractivity contribution is 8.16. The van der Waals surface area contributed by atoms with Crippen molar-refractivity contribution in [2.45, 2.75) is 11.7 Å². The number of carbonyl (C=O) groups excluding carboxylic acids is 1. The summed E-state index contributed by atoms with van der Waals surface area (Å²) < 4.78 is 1.01. The van der Waals surface area contributed by atoms with Crippen molar-refractivity contribution in [1.82, 2.24) is 4.98 Å². The van der Waals surface area contributed by atoms with Crippen LogP contribution in [0, 0.1) is 0 Å². The number of amidine groups is 1. The number of nitrogens with zero attached hydrogens (tertiary/aromatic N) is 3. The second-order valence-electron chi connectivity index (χ2n) is 5.57. The number of amides is 1. The number of carboxylic acid groups (broad SMARTS) is 1. The van der Waals surface area contributed by atoms with Crippen molar-refractivity contribution >= 4 is 61.2 Å². The first kappa shape index (κ1) is 16.7. The molecule has 6 nitrogen and oxygen atoms in total. The third-order valence-electron chi connectivity index (χ3n) is 3.78. The van der Waals surface area contributed by atoms with Crippen LogP contribution in [0.2, 0.25) is 0 Å². The van der Waals surface area contributed by atoms with E-state index in [1.54, 1.807) is 12.1 Å². The Morgan fingerprint density at radius 2 is 1.88 bits per heavy atom. The smallest absolute Gasteiger partial charge is 0.305 e. The molecule has 1 fully saturated rings. The first-order valence-electron chi connectivity index (χ1n) is 7.83. The molecule has 1 amide bonds. The summed E-state index contributed by atoms with van der Waals surface area (Å²) in [7, 11) is 0. The van der Waals surface area contributed by atoms with Crippen LogP contribution >= 0.6 is 23.1 Å². The molecular weight excluding hydrogens is 370 g/mol. The highest BCUT2D eigenvalue weighted by Crippen LogP contribution is 2.36. The van der Waals surface area contributed by atoms with Crippen molar-refractivity contribution in [3.05, 3.63) is 54.6 Å². The molecule has 1 aliphatic heterocycles. The molecule has 1 atom stereocenters. The number of rotatable bonds is 4. The SMILES string of the molecule is O=C(O)CC1SC(=Nc2nc3ccccc3s2)N(c2ccccc2)C1=O. The van der Waals surface area contributed by atoms with E-state index in [4.69, 9.17) is 5.11 Å². The van der Waals surface area contributed by atoms with Crippen LogP contribution < -0.4 is 4.90 Å². The summed E-state index contributed by atoms with van der Waals surface area (Å²) in [4.78, 5) is 34.4. The van der Waals surface area contributed by atoms with Crippen LogP contribution in [0.25, 0.3) is 10.2 Å². The number of thiazole rings is 1. The van der Waals surface area contributed by atoms with Crippen LogP contribution in [0.5, 0.6) is 0 Å². The van der Waals surface area contributed by atoms with E-state index in [0.717, 1.165) is 10.2 Å². The predicted octanol–water partition coefficient (Wildman–Crippen LogP) is 3.91. The van der Waals surface area contributed by atoms with Crippen LogP contribution in [0.3, 0.4) is 0 Å². The van der Waals surface area contributed by atoms with Gasteiger partial charge in [0, 0.05) is 0 Å². The molecule has 1 aromatic heterocycles. The van der Waals surface area contributed by atoms with Gasteiger partial charge in [-0.2, -0.15) is 4.99 Å². The van der Waals surface area contributed by atoms with Gasteiger partial charge in [0.05, 0.1) is 22.3 Å². The Morgan fingerprint density at radius 1 is 1.15 bits per heavy atom. The van der Waals surface area contributed by atoms with Gasteiger partial charge in [-0.3, -0.25) is 14.5 Å².